The minimum Gasteiger partial charge on any atom is -0.569 e. The van der Waals surface area contributed by atoms with E-state index in [0.29, 0.717) is 12.0 Å². The standard InChI is InChI=1S/C33H35F3N6O7S/c1-6-22(3)30(40(5)42(45)39-49-23(4)48-32(44)25-10-8-7-9-11-25)31(43)38-50(46,47)27-18-16-26(17-19-27)41-28(20-29(37-41)33(34,35)36)24-14-12-21(2)13-15-24/h7-20,22-23,30H,6H2,1-5H3,(H,38,43)/b42-39-/t22-,23?,30+/m1/s1. The number of carbonyl (C=O) groups is 2. The van der Waals surface area contributed by atoms with E-state index in [0.717, 1.165) is 33.5 Å². The second kappa shape index (κ2) is 15.4. The molecule has 0 aliphatic heterocycles. The highest BCUT2D eigenvalue weighted by Crippen LogP contribution is 2.33. The molecular weight excluding hydrogens is 681 g/mol. The van der Waals surface area contributed by atoms with Gasteiger partial charge in [-0.2, -0.15) is 18.3 Å². The lowest BCUT2D eigenvalue weighted by molar-refractivity contribution is -0.713. The molecule has 0 bridgehead atoms. The van der Waals surface area contributed by atoms with Gasteiger partial charge >= 0.3 is 12.1 Å². The van der Waals surface area contributed by atoms with Crippen LogP contribution in [0.5, 0.6) is 0 Å². The van der Waals surface area contributed by atoms with Gasteiger partial charge in [-0.3, -0.25) is 9.63 Å². The van der Waals surface area contributed by atoms with Crippen molar-refractivity contribution in [2.45, 2.75) is 57.5 Å². The van der Waals surface area contributed by atoms with E-state index in [1.807, 2.05) is 11.6 Å². The number of hydrogen-bond acceptors (Lipinski definition) is 9. The third kappa shape index (κ3) is 8.96. The van der Waals surface area contributed by atoms with Gasteiger partial charge in [-0.1, -0.05) is 68.3 Å². The molecule has 1 unspecified atom stereocenters. The van der Waals surface area contributed by atoms with Crippen molar-refractivity contribution in [3.63, 3.8) is 0 Å². The number of sulfonamides is 1. The van der Waals surface area contributed by atoms with Crippen LogP contribution in [0, 0.1) is 18.0 Å². The first-order valence-corrected chi connectivity index (χ1v) is 16.7. The first kappa shape index (κ1) is 37.4. The number of aryl methyl sites for hydroxylation is 1. The molecule has 1 heterocycles. The van der Waals surface area contributed by atoms with Crippen LogP contribution in [0.3, 0.4) is 0 Å². The van der Waals surface area contributed by atoms with Crippen molar-refractivity contribution in [1.82, 2.24) is 19.5 Å². The minimum absolute atomic E-state index is 0.0738. The van der Waals surface area contributed by atoms with E-state index < -0.39 is 52.0 Å². The van der Waals surface area contributed by atoms with Crippen LogP contribution >= 0.6 is 0 Å². The smallest absolute Gasteiger partial charge is 0.435 e. The Kier molecular flexibility index (Phi) is 11.5. The van der Waals surface area contributed by atoms with Crippen molar-refractivity contribution in [3.8, 4) is 16.9 Å². The second-order valence-electron chi connectivity index (χ2n) is 11.3. The molecule has 3 aromatic carbocycles. The molecule has 0 aliphatic rings. The lowest BCUT2D eigenvalue weighted by Crippen LogP contribution is -2.52. The number of hydrazine groups is 1. The second-order valence-corrected chi connectivity index (χ2v) is 13.0. The lowest BCUT2D eigenvalue weighted by Gasteiger charge is -2.27. The Hall–Kier alpha value is -5.45. The molecular formula is C33H35F3N6O7S. The summed E-state index contributed by atoms with van der Waals surface area (Å²) >= 11 is 0. The molecule has 1 amide bonds. The number of ether oxygens (including phenoxy) is 1. The van der Waals surface area contributed by atoms with Gasteiger partial charge in [-0.25, -0.2) is 22.6 Å². The maximum Gasteiger partial charge on any atom is 0.435 e. The van der Waals surface area contributed by atoms with E-state index in [9.17, 15) is 36.4 Å². The highest BCUT2D eigenvalue weighted by atomic mass is 32.2. The van der Waals surface area contributed by atoms with Crippen molar-refractivity contribution in [2.24, 2.45) is 11.2 Å². The highest BCUT2D eigenvalue weighted by molar-refractivity contribution is 7.90. The summed E-state index contributed by atoms with van der Waals surface area (Å²) in [5, 5.41) is 20.7. The maximum absolute atomic E-state index is 13.6. The van der Waals surface area contributed by atoms with E-state index in [4.69, 9.17) is 9.57 Å². The monoisotopic (exact) mass is 716 g/mol. The zero-order valence-electron chi connectivity index (χ0n) is 27.7. The van der Waals surface area contributed by atoms with Gasteiger partial charge in [0.25, 0.3) is 22.2 Å². The average Bonchev–Trinajstić information content (AvgIpc) is 3.54. The zero-order valence-corrected chi connectivity index (χ0v) is 28.5. The molecule has 17 heteroatoms. The van der Waals surface area contributed by atoms with Crippen molar-refractivity contribution in [2.75, 3.05) is 7.05 Å². The van der Waals surface area contributed by atoms with Crippen LogP contribution in [0.2, 0.25) is 0 Å². The SMILES string of the molecule is CC[C@@H](C)[C@@H](C(=O)NS(=O)(=O)c1ccc(-n2nc(C(F)(F)F)cc2-c2ccc(C)cc2)cc1)N(C)/[N+]([O-])=N/OC(C)OC(=O)c1ccccc1. The van der Waals surface area contributed by atoms with Crippen LogP contribution in [0.4, 0.5) is 13.2 Å². The number of nitrogens with zero attached hydrogens (tertiary/aromatic N) is 5. The number of nitrogens with one attached hydrogen (secondary N) is 1. The maximum atomic E-state index is 13.6. The summed E-state index contributed by atoms with van der Waals surface area (Å²) < 4.78 is 75.5. The normalized spacial score (nSPS) is 14.0. The minimum atomic E-state index is -4.73. The Labute approximate surface area is 286 Å². The zero-order chi connectivity index (χ0) is 36.8. The Bertz CT molecular complexity index is 1930. The number of carbonyl (C=O) groups excluding carboxylic acids is 2. The summed E-state index contributed by atoms with van der Waals surface area (Å²) in [7, 11) is -3.33. The first-order chi connectivity index (χ1) is 23.5. The van der Waals surface area contributed by atoms with Gasteiger partial charge in [-0.15, -0.1) is 5.01 Å². The van der Waals surface area contributed by atoms with Crippen LogP contribution in [-0.2, 0) is 30.6 Å². The summed E-state index contributed by atoms with van der Waals surface area (Å²) in [6.45, 7) is 6.50. The van der Waals surface area contributed by atoms with Gasteiger partial charge < -0.3 is 9.94 Å². The number of hydrogen-bond donors (Lipinski definition) is 1. The van der Waals surface area contributed by atoms with Gasteiger partial charge in [0.05, 0.1) is 33.9 Å². The van der Waals surface area contributed by atoms with Crippen LogP contribution in [0.25, 0.3) is 16.9 Å². The molecule has 0 spiro atoms. The van der Waals surface area contributed by atoms with Gasteiger partial charge in [-0.05, 0) is 55.3 Å². The largest absolute Gasteiger partial charge is 0.569 e. The van der Waals surface area contributed by atoms with Crippen LogP contribution in [-0.4, -0.2) is 59.4 Å². The number of likely N-dealkylation sites (N-methyl/N-ethyl adjacent to an activating group) is 1. The van der Waals surface area contributed by atoms with E-state index >= 15 is 0 Å². The van der Waals surface area contributed by atoms with E-state index in [1.54, 1.807) is 56.3 Å². The molecule has 266 valence electrons. The van der Waals surface area contributed by atoms with E-state index in [2.05, 4.69) is 10.4 Å². The van der Waals surface area contributed by atoms with Crippen molar-refractivity contribution < 1.29 is 45.7 Å². The number of halogens is 3. The quantitative estimate of drug-likeness (QED) is 0.0573. The molecule has 0 radical (unpaired) electrons. The number of esters is 1. The topological polar surface area (TPSA) is 158 Å². The molecule has 3 atom stereocenters. The Balaban J connectivity index is 1.51. The molecule has 0 aliphatic carbocycles. The molecule has 0 saturated heterocycles. The van der Waals surface area contributed by atoms with Gasteiger partial charge in [0.15, 0.2) is 11.7 Å². The fourth-order valence-electron chi connectivity index (χ4n) is 4.77. The van der Waals surface area contributed by atoms with Crippen molar-refractivity contribution >= 4 is 21.9 Å². The number of amides is 1. The molecule has 0 fully saturated rings. The fraction of sp³-hybridized carbons (Fsp3) is 0.303. The van der Waals surface area contributed by atoms with Crippen molar-refractivity contribution in [3.05, 3.63) is 107 Å². The lowest BCUT2D eigenvalue weighted by atomic mass is 9.98. The fourth-order valence-corrected chi connectivity index (χ4v) is 5.77. The molecule has 1 aromatic heterocycles. The molecule has 1 N–H and O–H groups in total. The summed E-state index contributed by atoms with van der Waals surface area (Å²) in [4.78, 5) is 30.1. The molecule has 4 rings (SSSR count). The Morgan fingerprint density at radius 2 is 1.66 bits per heavy atom. The number of aromatic nitrogens is 2. The first-order valence-electron chi connectivity index (χ1n) is 15.3. The third-order valence-electron chi connectivity index (χ3n) is 7.65. The molecule has 50 heavy (non-hydrogen) atoms. The Morgan fingerprint density at radius 1 is 1.04 bits per heavy atom. The summed E-state index contributed by atoms with van der Waals surface area (Å²) in [6.07, 6.45) is -5.67. The number of benzene rings is 3. The predicted molar refractivity (Wildman–Crippen MR) is 174 cm³/mol. The Morgan fingerprint density at radius 3 is 2.24 bits per heavy atom. The van der Waals surface area contributed by atoms with E-state index in [1.165, 1.54) is 38.2 Å². The van der Waals surface area contributed by atoms with Gasteiger partial charge in [0, 0.05) is 12.5 Å². The molecule has 13 nitrogen and oxygen atoms in total. The van der Waals surface area contributed by atoms with Gasteiger partial charge in [0.2, 0.25) is 5.28 Å². The van der Waals surface area contributed by atoms with E-state index in [-0.39, 0.29) is 26.8 Å². The summed E-state index contributed by atoms with van der Waals surface area (Å²) in [5.74, 6) is -2.36. The van der Waals surface area contributed by atoms with Crippen LogP contribution in [0.1, 0.15) is 48.8 Å². The molecule has 0 saturated carbocycles. The average molecular weight is 717 g/mol. The van der Waals surface area contributed by atoms with Crippen molar-refractivity contribution in [1.29, 1.82) is 0 Å². The summed E-state index contributed by atoms with van der Waals surface area (Å²) in [5.41, 5.74) is 0.718. The number of rotatable bonds is 13. The van der Waals surface area contributed by atoms with Crippen LogP contribution in [0.15, 0.2) is 95.1 Å². The number of alkyl halides is 3. The van der Waals surface area contributed by atoms with Gasteiger partial charge in [0.1, 0.15) is 0 Å². The van der Waals surface area contributed by atoms with Crippen LogP contribution < -0.4 is 4.72 Å². The molecule has 4 aromatic rings. The predicted octanol–water partition coefficient (Wildman–Crippen LogP) is 6.03. The third-order valence-corrected chi connectivity index (χ3v) is 9.01. The highest BCUT2D eigenvalue weighted by Gasteiger charge is 2.37. The summed E-state index contributed by atoms with van der Waals surface area (Å²) in [6, 6.07) is 19.1.